The van der Waals surface area contributed by atoms with E-state index in [1.165, 1.54) is 4.88 Å². The second kappa shape index (κ2) is 7.09. The number of hydrogen-bond donors (Lipinski definition) is 1. The molecule has 1 fully saturated rings. The number of piperazine rings is 1. The van der Waals surface area contributed by atoms with E-state index in [0.717, 1.165) is 43.5 Å². The lowest BCUT2D eigenvalue weighted by molar-refractivity contribution is -0.142. The predicted octanol–water partition coefficient (Wildman–Crippen LogP) is 2.42. The Labute approximate surface area is 135 Å². The van der Waals surface area contributed by atoms with Crippen LogP contribution in [0.15, 0.2) is 12.1 Å². The molecule has 4 nitrogen and oxygen atoms in total. The van der Waals surface area contributed by atoms with Gasteiger partial charge in [0, 0.05) is 44.1 Å². The summed E-state index contributed by atoms with van der Waals surface area (Å²) in [6, 6.07) is 4.02. The Balaban J connectivity index is 1.87. The summed E-state index contributed by atoms with van der Waals surface area (Å²) < 4.78 is 0.834. The van der Waals surface area contributed by atoms with E-state index < -0.39 is 5.41 Å². The molecule has 0 aromatic carbocycles. The molecule has 1 aromatic rings. The molecule has 1 aliphatic rings. The second-order valence-electron chi connectivity index (χ2n) is 5.89. The molecule has 21 heavy (non-hydrogen) atoms. The van der Waals surface area contributed by atoms with Crippen LogP contribution >= 0.6 is 22.9 Å². The summed E-state index contributed by atoms with van der Waals surface area (Å²) in [7, 11) is 0. The fourth-order valence-electron chi connectivity index (χ4n) is 2.53. The molecule has 6 heteroatoms. The lowest BCUT2D eigenvalue weighted by Crippen LogP contribution is -2.53. The zero-order valence-corrected chi connectivity index (χ0v) is 14.3. The maximum atomic E-state index is 12.6. The van der Waals surface area contributed by atoms with Crippen molar-refractivity contribution in [1.29, 1.82) is 0 Å². The van der Waals surface area contributed by atoms with Gasteiger partial charge in [-0.3, -0.25) is 9.69 Å². The van der Waals surface area contributed by atoms with E-state index in [0.29, 0.717) is 6.54 Å². The van der Waals surface area contributed by atoms with Crippen molar-refractivity contribution in [1.82, 2.24) is 9.80 Å². The maximum Gasteiger partial charge on any atom is 0.229 e. The minimum Gasteiger partial charge on any atom is -0.340 e. The van der Waals surface area contributed by atoms with E-state index in [1.807, 2.05) is 24.8 Å². The van der Waals surface area contributed by atoms with Crippen LogP contribution in [0.1, 0.15) is 25.1 Å². The fourth-order valence-corrected chi connectivity index (χ4v) is 3.66. The largest absolute Gasteiger partial charge is 0.340 e. The molecule has 1 atom stereocenters. The Bertz CT molecular complexity index is 479. The number of carbonyl (C=O) groups excluding carboxylic acids is 1. The molecule has 0 spiro atoms. The highest BCUT2D eigenvalue weighted by atomic mass is 35.5. The third-order valence-corrected chi connectivity index (χ3v) is 5.63. The summed E-state index contributed by atoms with van der Waals surface area (Å²) in [6.07, 6.45) is 0.788. The van der Waals surface area contributed by atoms with Gasteiger partial charge < -0.3 is 10.6 Å². The molecule has 0 saturated carbocycles. The standard InChI is InChI=1S/C15H24ClN3OS/c1-3-15(2,11-17)14(20)19-8-6-18(7-9-19)10-12-4-5-13(16)21-12/h4-5H,3,6-11,17H2,1-2H3. The minimum absolute atomic E-state index is 0.200. The Morgan fingerprint density at radius 3 is 2.52 bits per heavy atom. The molecule has 2 rings (SSSR count). The van der Waals surface area contributed by atoms with E-state index in [2.05, 4.69) is 11.0 Å². The van der Waals surface area contributed by atoms with Crippen molar-refractivity contribution in [2.45, 2.75) is 26.8 Å². The fraction of sp³-hybridized carbons (Fsp3) is 0.667. The SMILES string of the molecule is CCC(C)(CN)C(=O)N1CCN(Cc2ccc(Cl)s2)CC1. The Morgan fingerprint density at radius 1 is 1.38 bits per heavy atom. The summed E-state index contributed by atoms with van der Waals surface area (Å²) in [5.74, 6) is 0.200. The molecule has 1 aliphatic heterocycles. The van der Waals surface area contributed by atoms with Crippen LogP contribution < -0.4 is 5.73 Å². The van der Waals surface area contributed by atoms with Gasteiger partial charge >= 0.3 is 0 Å². The first-order valence-corrected chi connectivity index (χ1v) is 8.64. The van der Waals surface area contributed by atoms with E-state index >= 15 is 0 Å². The first-order valence-electron chi connectivity index (χ1n) is 7.44. The average molecular weight is 330 g/mol. The van der Waals surface area contributed by atoms with E-state index in [1.54, 1.807) is 11.3 Å². The molecule has 0 radical (unpaired) electrons. The van der Waals surface area contributed by atoms with Crippen molar-refractivity contribution in [2.24, 2.45) is 11.1 Å². The summed E-state index contributed by atoms with van der Waals surface area (Å²) in [5.41, 5.74) is 5.37. The van der Waals surface area contributed by atoms with Gasteiger partial charge in [-0.15, -0.1) is 11.3 Å². The van der Waals surface area contributed by atoms with E-state index in [-0.39, 0.29) is 5.91 Å². The lowest BCUT2D eigenvalue weighted by Gasteiger charge is -2.39. The van der Waals surface area contributed by atoms with Crippen molar-refractivity contribution in [3.63, 3.8) is 0 Å². The summed E-state index contributed by atoms with van der Waals surface area (Å²) in [5, 5.41) is 0. The lowest BCUT2D eigenvalue weighted by atomic mass is 9.86. The van der Waals surface area contributed by atoms with Crippen LogP contribution in [0, 0.1) is 5.41 Å². The molecule has 1 aromatic heterocycles. The number of halogens is 1. The van der Waals surface area contributed by atoms with Gasteiger partial charge in [0.15, 0.2) is 0 Å². The number of nitrogens with two attached hydrogens (primary N) is 1. The minimum atomic E-state index is -0.413. The summed E-state index contributed by atoms with van der Waals surface area (Å²) in [6.45, 7) is 8.72. The third kappa shape index (κ3) is 3.97. The highest BCUT2D eigenvalue weighted by Crippen LogP contribution is 2.25. The Kier molecular flexibility index (Phi) is 5.66. The van der Waals surface area contributed by atoms with Crippen LogP contribution in [-0.4, -0.2) is 48.4 Å². The number of nitrogens with zero attached hydrogens (tertiary/aromatic N) is 2. The van der Waals surface area contributed by atoms with Crippen LogP contribution in [-0.2, 0) is 11.3 Å². The molecular formula is C15H24ClN3OS. The van der Waals surface area contributed by atoms with Crippen LogP contribution in [0.25, 0.3) is 0 Å². The third-order valence-electron chi connectivity index (χ3n) is 4.41. The van der Waals surface area contributed by atoms with Gasteiger partial charge in [-0.05, 0) is 25.5 Å². The van der Waals surface area contributed by atoms with Crippen molar-refractivity contribution in [3.05, 3.63) is 21.3 Å². The Morgan fingerprint density at radius 2 is 2.05 bits per heavy atom. The highest BCUT2D eigenvalue weighted by molar-refractivity contribution is 7.16. The zero-order valence-electron chi connectivity index (χ0n) is 12.8. The quantitative estimate of drug-likeness (QED) is 0.902. The molecule has 1 saturated heterocycles. The highest BCUT2D eigenvalue weighted by Gasteiger charge is 2.35. The van der Waals surface area contributed by atoms with Gasteiger partial charge in [0.25, 0.3) is 0 Å². The van der Waals surface area contributed by atoms with Crippen molar-refractivity contribution in [3.8, 4) is 0 Å². The number of rotatable bonds is 5. The number of amides is 1. The van der Waals surface area contributed by atoms with Gasteiger partial charge in [-0.2, -0.15) is 0 Å². The number of thiophene rings is 1. The van der Waals surface area contributed by atoms with Gasteiger partial charge in [0.2, 0.25) is 5.91 Å². The summed E-state index contributed by atoms with van der Waals surface area (Å²) in [4.78, 5) is 18.2. The average Bonchev–Trinajstić information content (AvgIpc) is 2.91. The van der Waals surface area contributed by atoms with Gasteiger partial charge in [-0.1, -0.05) is 18.5 Å². The number of hydrogen-bond acceptors (Lipinski definition) is 4. The van der Waals surface area contributed by atoms with Crippen LogP contribution in [0.4, 0.5) is 0 Å². The molecular weight excluding hydrogens is 306 g/mol. The van der Waals surface area contributed by atoms with Gasteiger partial charge in [0.1, 0.15) is 0 Å². The molecule has 2 heterocycles. The molecule has 1 unspecified atom stereocenters. The molecule has 2 N–H and O–H groups in total. The van der Waals surface area contributed by atoms with Gasteiger partial charge in [0.05, 0.1) is 9.75 Å². The predicted molar refractivity (Wildman–Crippen MR) is 88.6 cm³/mol. The second-order valence-corrected chi connectivity index (χ2v) is 7.69. The first kappa shape index (κ1) is 16.7. The van der Waals surface area contributed by atoms with Crippen molar-refractivity contribution < 1.29 is 4.79 Å². The van der Waals surface area contributed by atoms with Gasteiger partial charge in [-0.25, -0.2) is 0 Å². The topological polar surface area (TPSA) is 49.6 Å². The zero-order chi connectivity index (χ0) is 15.5. The normalized spacial score (nSPS) is 19.5. The molecule has 0 aliphatic carbocycles. The van der Waals surface area contributed by atoms with E-state index in [9.17, 15) is 4.79 Å². The first-order chi connectivity index (χ1) is 9.98. The smallest absolute Gasteiger partial charge is 0.229 e. The molecule has 0 bridgehead atoms. The van der Waals surface area contributed by atoms with E-state index in [4.69, 9.17) is 17.3 Å². The van der Waals surface area contributed by atoms with Crippen LogP contribution in [0.5, 0.6) is 0 Å². The summed E-state index contributed by atoms with van der Waals surface area (Å²) >= 11 is 7.59. The monoisotopic (exact) mass is 329 g/mol. The van der Waals surface area contributed by atoms with Crippen LogP contribution in [0.2, 0.25) is 4.34 Å². The molecule has 1 amide bonds. The van der Waals surface area contributed by atoms with Crippen molar-refractivity contribution >= 4 is 28.8 Å². The van der Waals surface area contributed by atoms with Crippen molar-refractivity contribution in [2.75, 3.05) is 32.7 Å². The number of carbonyl (C=O) groups is 1. The van der Waals surface area contributed by atoms with Crippen LogP contribution in [0.3, 0.4) is 0 Å². The molecule has 118 valence electrons. The Hall–Kier alpha value is -0.620. The maximum absolute atomic E-state index is 12.6.